The van der Waals surface area contributed by atoms with Crippen molar-refractivity contribution in [3.63, 3.8) is 0 Å². The SMILES string of the molecule is [C-]#[N+]c1ccc(-c2ccc3c(c2)C2(c4ccccc4S3)c3ccccc3-c3ccc(-c4nc(-c5ccccc5)cc(-c5ccc6ccccc6c5)n4)cc32)cc1. The predicted molar refractivity (Wildman–Crippen MR) is 229 cm³/mol. The number of hydrogen-bond acceptors (Lipinski definition) is 3. The van der Waals surface area contributed by atoms with Crippen molar-refractivity contribution in [1.29, 1.82) is 0 Å². The first-order valence-electron chi connectivity index (χ1n) is 18.8. The van der Waals surface area contributed by atoms with Gasteiger partial charge in [0.25, 0.3) is 0 Å². The van der Waals surface area contributed by atoms with E-state index < -0.39 is 5.41 Å². The predicted octanol–water partition coefficient (Wildman–Crippen LogP) is 13.7. The Bertz CT molecular complexity index is 3070. The Morgan fingerprint density at radius 3 is 1.88 bits per heavy atom. The van der Waals surface area contributed by atoms with Gasteiger partial charge in [0.15, 0.2) is 11.5 Å². The molecule has 0 saturated carbocycles. The highest BCUT2D eigenvalue weighted by atomic mass is 32.2. The number of rotatable bonds is 4. The van der Waals surface area contributed by atoms with Crippen LogP contribution < -0.4 is 0 Å². The molecule has 260 valence electrons. The summed E-state index contributed by atoms with van der Waals surface area (Å²) in [6, 6.07) is 67.0. The van der Waals surface area contributed by atoms with E-state index in [1.165, 1.54) is 53.9 Å². The van der Waals surface area contributed by atoms with E-state index in [0.717, 1.165) is 39.2 Å². The maximum Gasteiger partial charge on any atom is 0.187 e. The molecule has 1 aliphatic heterocycles. The van der Waals surface area contributed by atoms with E-state index in [1.807, 2.05) is 30.0 Å². The maximum atomic E-state index is 7.49. The molecule has 1 spiro atoms. The van der Waals surface area contributed by atoms with Crippen LogP contribution in [0.25, 0.3) is 71.8 Å². The fraction of sp³-hybridized carbons (Fsp3) is 0.0192. The maximum absolute atomic E-state index is 7.49. The van der Waals surface area contributed by atoms with Gasteiger partial charge >= 0.3 is 0 Å². The highest BCUT2D eigenvalue weighted by Gasteiger charge is 2.50. The number of aromatic nitrogens is 2. The molecule has 1 aromatic heterocycles. The molecule has 8 aromatic carbocycles. The first kappa shape index (κ1) is 32.4. The normalized spacial score (nSPS) is 14.8. The van der Waals surface area contributed by atoms with Crippen molar-refractivity contribution in [1.82, 2.24) is 9.97 Å². The first-order valence-corrected chi connectivity index (χ1v) is 19.6. The van der Waals surface area contributed by atoms with Crippen molar-refractivity contribution >= 4 is 28.2 Å². The number of hydrogen-bond donors (Lipinski definition) is 0. The van der Waals surface area contributed by atoms with Crippen LogP contribution in [0.3, 0.4) is 0 Å². The zero-order valence-electron chi connectivity index (χ0n) is 30.1. The van der Waals surface area contributed by atoms with Gasteiger partial charge in [-0.25, -0.2) is 14.8 Å². The van der Waals surface area contributed by atoms with Crippen LogP contribution in [0.2, 0.25) is 0 Å². The molecule has 0 N–H and O–H groups in total. The smallest absolute Gasteiger partial charge is 0.187 e. The summed E-state index contributed by atoms with van der Waals surface area (Å²) in [4.78, 5) is 16.7. The van der Waals surface area contributed by atoms with Gasteiger partial charge in [-0.3, -0.25) is 0 Å². The molecule has 4 heteroatoms. The molecule has 0 amide bonds. The summed E-state index contributed by atoms with van der Waals surface area (Å²) >= 11 is 1.84. The average Bonchev–Trinajstić information content (AvgIpc) is 3.56. The lowest BCUT2D eigenvalue weighted by atomic mass is 9.67. The summed E-state index contributed by atoms with van der Waals surface area (Å²) < 4.78 is 0. The summed E-state index contributed by atoms with van der Waals surface area (Å²) in [5.74, 6) is 0.691. The van der Waals surface area contributed by atoms with Crippen molar-refractivity contribution in [3.8, 4) is 56.2 Å². The second kappa shape index (κ2) is 12.8. The third kappa shape index (κ3) is 4.99. The van der Waals surface area contributed by atoms with E-state index in [4.69, 9.17) is 16.5 Å². The van der Waals surface area contributed by atoms with Gasteiger partial charge in [-0.05, 0) is 91.7 Å². The Morgan fingerprint density at radius 1 is 0.411 bits per heavy atom. The van der Waals surface area contributed by atoms with E-state index >= 15 is 0 Å². The van der Waals surface area contributed by atoms with Gasteiger partial charge in [-0.15, -0.1) is 0 Å². The summed E-state index contributed by atoms with van der Waals surface area (Å²) in [6.45, 7) is 7.49. The van der Waals surface area contributed by atoms with Crippen molar-refractivity contribution in [2.24, 2.45) is 0 Å². The van der Waals surface area contributed by atoms with Crippen LogP contribution in [-0.4, -0.2) is 9.97 Å². The third-order valence-corrected chi connectivity index (χ3v) is 12.5. The quantitative estimate of drug-likeness (QED) is 0.169. The third-order valence-electron chi connectivity index (χ3n) is 11.4. The lowest BCUT2D eigenvalue weighted by molar-refractivity contribution is 0.723. The second-order valence-corrected chi connectivity index (χ2v) is 15.5. The van der Waals surface area contributed by atoms with Gasteiger partial charge in [0.1, 0.15) is 0 Å². The highest BCUT2D eigenvalue weighted by Crippen LogP contribution is 2.62. The van der Waals surface area contributed by atoms with Crippen molar-refractivity contribution in [3.05, 3.63) is 222 Å². The molecule has 56 heavy (non-hydrogen) atoms. The summed E-state index contributed by atoms with van der Waals surface area (Å²) in [7, 11) is 0. The van der Waals surface area contributed by atoms with Crippen molar-refractivity contribution < 1.29 is 0 Å². The molecule has 3 nitrogen and oxygen atoms in total. The van der Waals surface area contributed by atoms with Crippen molar-refractivity contribution in [2.45, 2.75) is 15.2 Å². The Morgan fingerprint density at radius 2 is 1.04 bits per heavy atom. The zero-order valence-corrected chi connectivity index (χ0v) is 31.0. The average molecular weight is 730 g/mol. The molecule has 0 fully saturated rings. The van der Waals surface area contributed by atoms with E-state index in [2.05, 4.69) is 175 Å². The second-order valence-electron chi connectivity index (χ2n) is 14.4. The van der Waals surface area contributed by atoms with Gasteiger partial charge in [-0.2, -0.15) is 0 Å². The van der Waals surface area contributed by atoms with Crippen LogP contribution in [0.5, 0.6) is 0 Å². The Hall–Kier alpha value is -7.06. The number of benzene rings is 8. The molecule has 11 rings (SSSR count). The minimum atomic E-state index is -0.580. The monoisotopic (exact) mass is 729 g/mol. The molecule has 1 atom stereocenters. The van der Waals surface area contributed by atoms with Crippen LogP contribution in [0.4, 0.5) is 5.69 Å². The topological polar surface area (TPSA) is 30.1 Å². The van der Waals surface area contributed by atoms with E-state index in [0.29, 0.717) is 11.5 Å². The highest BCUT2D eigenvalue weighted by molar-refractivity contribution is 7.99. The lowest BCUT2D eigenvalue weighted by Gasteiger charge is -2.40. The van der Waals surface area contributed by atoms with E-state index in [9.17, 15) is 0 Å². The van der Waals surface area contributed by atoms with Crippen LogP contribution in [0.1, 0.15) is 22.3 Å². The van der Waals surface area contributed by atoms with Gasteiger partial charge in [0.05, 0.1) is 23.4 Å². The fourth-order valence-corrected chi connectivity index (χ4v) is 9.95. The molecule has 0 saturated heterocycles. The minimum Gasteiger partial charge on any atom is -0.238 e. The fourth-order valence-electron chi connectivity index (χ4n) is 8.78. The van der Waals surface area contributed by atoms with Crippen LogP contribution >= 0.6 is 11.8 Å². The van der Waals surface area contributed by atoms with Gasteiger partial charge in [-0.1, -0.05) is 163 Å². The zero-order chi connectivity index (χ0) is 37.2. The lowest BCUT2D eigenvalue weighted by Crippen LogP contribution is -2.32. The van der Waals surface area contributed by atoms with Crippen LogP contribution in [-0.2, 0) is 5.41 Å². The van der Waals surface area contributed by atoms with Gasteiger partial charge in [0, 0.05) is 26.5 Å². The molecule has 0 bridgehead atoms. The van der Waals surface area contributed by atoms with Crippen LogP contribution in [0.15, 0.2) is 198 Å². The summed E-state index contributed by atoms with van der Waals surface area (Å²) in [6.07, 6.45) is 0. The number of fused-ring (bicyclic) bond motifs is 10. The largest absolute Gasteiger partial charge is 0.238 e. The standard InChI is InChI=1S/C52H31N3S/c1-53-40-25-21-34(22-26-40)37-24-28-50-46(30-37)52(44-17-9-10-18-49(44)56-50)43-16-8-7-15-41(43)42-27-23-39(31-45(42)52)51-54-47(35-12-3-2-4-13-35)32-48(55-51)38-20-19-33-11-5-6-14-36(33)29-38/h2-32H. The van der Waals surface area contributed by atoms with Gasteiger partial charge in [0.2, 0.25) is 0 Å². The first-order chi connectivity index (χ1) is 27.7. The molecule has 1 aliphatic carbocycles. The number of nitrogens with zero attached hydrogens (tertiary/aromatic N) is 3. The van der Waals surface area contributed by atoms with Gasteiger partial charge < -0.3 is 0 Å². The minimum absolute atomic E-state index is 0.580. The Kier molecular flexibility index (Phi) is 7.38. The molecule has 9 aromatic rings. The van der Waals surface area contributed by atoms with E-state index in [1.54, 1.807) is 0 Å². The molecule has 0 radical (unpaired) electrons. The van der Waals surface area contributed by atoms with Crippen LogP contribution in [0, 0.1) is 6.57 Å². The molecule has 2 heterocycles. The summed E-state index contributed by atoms with van der Waals surface area (Å²) in [5, 5.41) is 2.38. The molecule has 2 aliphatic rings. The summed E-state index contributed by atoms with van der Waals surface area (Å²) in [5.41, 5.74) is 14.6. The Labute approximate surface area is 329 Å². The van der Waals surface area contributed by atoms with Crippen molar-refractivity contribution in [2.75, 3.05) is 0 Å². The Balaban J connectivity index is 1.16. The molecule has 1 unspecified atom stereocenters. The molecular weight excluding hydrogens is 699 g/mol. The van der Waals surface area contributed by atoms with E-state index in [-0.39, 0.29) is 0 Å². The molecular formula is C52H31N3S.